The Labute approximate surface area is 214 Å². The molecular weight excluding hydrogens is 492 g/mol. The zero-order chi connectivity index (χ0) is 27.1. The number of aromatic hydroxyl groups is 1. The Balaban J connectivity index is 1.69. The number of benzene rings is 1. The second-order valence-corrected chi connectivity index (χ2v) is 8.92. The van der Waals surface area contributed by atoms with E-state index in [4.69, 9.17) is 23.7 Å². The first-order valence-electron chi connectivity index (χ1n) is 12.0. The summed E-state index contributed by atoms with van der Waals surface area (Å²) in [6.07, 6.45) is -6.82. The van der Waals surface area contributed by atoms with E-state index in [-0.39, 0.29) is 24.4 Å². The van der Waals surface area contributed by atoms with Crippen LogP contribution in [0, 0.1) is 11.8 Å². The number of methoxy groups -OCH3 is 1. The fraction of sp³-hybridized carbons (Fsp3) is 0.600. The van der Waals surface area contributed by atoms with Crippen LogP contribution in [0.15, 0.2) is 36.1 Å². The number of rotatable bonds is 10. The topological polar surface area (TPSA) is 181 Å². The minimum absolute atomic E-state index is 0.0890. The number of hydrogen-bond donors (Lipinski definition) is 5. The van der Waals surface area contributed by atoms with E-state index in [1.165, 1.54) is 19.2 Å². The highest BCUT2D eigenvalue weighted by atomic mass is 16.8. The van der Waals surface area contributed by atoms with Crippen molar-refractivity contribution in [3.05, 3.63) is 41.7 Å². The summed E-state index contributed by atoms with van der Waals surface area (Å²) in [5.74, 6) is -2.43. The molecule has 1 aromatic carbocycles. The van der Waals surface area contributed by atoms with Crippen LogP contribution < -0.4 is 0 Å². The zero-order valence-electron chi connectivity index (χ0n) is 20.6. The molecule has 0 bridgehead atoms. The molecule has 5 N–H and O–H groups in total. The van der Waals surface area contributed by atoms with Crippen LogP contribution in [0.25, 0.3) is 0 Å². The molecule has 0 aromatic heterocycles. The SMILES string of the molecule is CC[C@@H]1[C@H](O[C@H]2O[C@H](CO)[C@@H](O)[C@H](O)[C@H]2O)OC=C(C(=O)OC)[C@H]1CC(=O)OCCc1ccc(O)cc1. The lowest BCUT2D eigenvalue weighted by atomic mass is 9.80. The number of aliphatic hydroxyl groups excluding tert-OH is 4. The van der Waals surface area contributed by atoms with Gasteiger partial charge in [-0.15, -0.1) is 0 Å². The van der Waals surface area contributed by atoms with Crippen molar-refractivity contribution in [3.63, 3.8) is 0 Å². The van der Waals surface area contributed by atoms with Crippen molar-refractivity contribution in [2.75, 3.05) is 20.3 Å². The second-order valence-electron chi connectivity index (χ2n) is 8.92. The van der Waals surface area contributed by atoms with Gasteiger partial charge in [0.25, 0.3) is 0 Å². The van der Waals surface area contributed by atoms with E-state index >= 15 is 0 Å². The molecular formula is C25H34O12. The molecule has 0 radical (unpaired) electrons. The second kappa shape index (κ2) is 13.2. The van der Waals surface area contributed by atoms with Crippen molar-refractivity contribution >= 4 is 11.9 Å². The summed E-state index contributed by atoms with van der Waals surface area (Å²) in [4.78, 5) is 25.1. The maximum atomic E-state index is 12.7. The summed E-state index contributed by atoms with van der Waals surface area (Å²) in [5.41, 5.74) is 0.977. The van der Waals surface area contributed by atoms with E-state index in [9.17, 15) is 35.1 Å². The summed E-state index contributed by atoms with van der Waals surface area (Å²) in [5, 5.41) is 49.2. The van der Waals surface area contributed by atoms with Gasteiger partial charge >= 0.3 is 11.9 Å². The highest BCUT2D eigenvalue weighted by Gasteiger charge is 2.48. The summed E-state index contributed by atoms with van der Waals surface area (Å²) in [6.45, 7) is 1.26. The molecule has 0 amide bonds. The maximum absolute atomic E-state index is 12.7. The minimum atomic E-state index is -1.65. The van der Waals surface area contributed by atoms with Crippen LogP contribution in [-0.2, 0) is 39.7 Å². The van der Waals surface area contributed by atoms with Gasteiger partial charge in [-0.1, -0.05) is 19.1 Å². The van der Waals surface area contributed by atoms with Gasteiger partial charge in [-0.05, 0) is 24.1 Å². The fourth-order valence-corrected chi connectivity index (χ4v) is 4.43. The molecule has 0 saturated carbocycles. The fourth-order valence-electron chi connectivity index (χ4n) is 4.43. The smallest absolute Gasteiger partial charge is 0.337 e. The summed E-state index contributed by atoms with van der Waals surface area (Å²) >= 11 is 0. The number of carbonyl (C=O) groups excluding carboxylic acids is 2. The van der Waals surface area contributed by atoms with Gasteiger partial charge in [-0.2, -0.15) is 0 Å². The summed E-state index contributed by atoms with van der Waals surface area (Å²) in [7, 11) is 1.20. The predicted molar refractivity (Wildman–Crippen MR) is 124 cm³/mol. The van der Waals surface area contributed by atoms with Crippen molar-refractivity contribution < 1.29 is 58.8 Å². The lowest BCUT2D eigenvalue weighted by Gasteiger charge is -2.43. The van der Waals surface area contributed by atoms with E-state index in [1.54, 1.807) is 19.1 Å². The molecule has 1 aromatic rings. The Hall–Kier alpha value is -2.74. The van der Waals surface area contributed by atoms with Crippen LogP contribution in [0.2, 0.25) is 0 Å². The Morgan fingerprint density at radius 3 is 2.35 bits per heavy atom. The van der Waals surface area contributed by atoms with E-state index in [2.05, 4.69) is 0 Å². The normalized spacial score (nSPS) is 31.7. The van der Waals surface area contributed by atoms with Gasteiger partial charge in [0.15, 0.2) is 6.29 Å². The quantitative estimate of drug-likeness (QED) is 0.252. The van der Waals surface area contributed by atoms with Crippen molar-refractivity contribution in [1.29, 1.82) is 0 Å². The number of phenolic OH excluding ortho intramolecular Hbond substituents is 1. The minimum Gasteiger partial charge on any atom is -0.508 e. The molecule has 206 valence electrons. The average molecular weight is 527 g/mol. The third kappa shape index (κ3) is 6.98. The van der Waals surface area contributed by atoms with Gasteiger partial charge in [0, 0.05) is 18.3 Å². The number of ether oxygens (including phenoxy) is 5. The molecule has 8 atom stereocenters. The van der Waals surface area contributed by atoms with Crippen molar-refractivity contribution in [3.8, 4) is 5.75 Å². The van der Waals surface area contributed by atoms with Crippen LogP contribution in [0.1, 0.15) is 25.3 Å². The number of esters is 2. The number of aliphatic hydroxyl groups is 4. The molecule has 0 spiro atoms. The van der Waals surface area contributed by atoms with Gasteiger partial charge in [0.05, 0.1) is 38.6 Å². The van der Waals surface area contributed by atoms with Gasteiger partial charge in [0.2, 0.25) is 6.29 Å². The van der Waals surface area contributed by atoms with Crippen LogP contribution in [0.5, 0.6) is 5.75 Å². The molecule has 0 aliphatic carbocycles. The highest BCUT2D eigenvalue weighted by molar-refractivity contribution is 5.89. The number of phenols is 1. The van der Waals surface area contributed by atoms with Crippen molar-refractivity contribution in [2.24, 2.45) is 11.8 Å². The Morgan fingerprint density at radius 2 is 1.73 bits per heavy atom. The van der Waals surface area contributed by atoms with E-state index in [0.29, 0.717) is 12.8 Å². The first kappa shape index (κ1) is 28.8. The largest absolute Gasteiger partial charge is 0.508 e. The van der Waals surface area contributed by atoms with Crippen molar-refractivity contribution in [1.82, 2.24) is 0 Å². The van der Waals surface area contributed by atoms with Gasteiger partial charge < -0.3 is 49.2 Å². The maximum Gasteiger partial charge on any atom is 0.337 e. The standard InChI is InChI=1S/C25H34O12/c1-3-15-16(10-19(28)34-9-8-13-4-6-14(27)7-5-13)17(23(32)33-2)12-35-24(15)37-25-22(31)21(30)20(29)18(11-26)36-25/h4-7,12,15-16,18,20-22,24-27,29-31H,3,8-11H2,1-2H3/t15-,16-,18+,20+,21-,22+,24-,25+/m0/s1. The monoisotopic (exact) mass is 526 g/mol. The molecule has 0 unspecified atom stereocenters. The highest BCUT2D eigenvalue weighted by Crippen LogP contribution is 2.38. The zero-order valence-corrected chi connectivity index (χ0v) is 20.6. The molecule has 3 rings (SSSR count). The summed E-state index contributed by atoms with van der Waals surface area (Å²) < 4.78 is 27.0. The van der Waals surface area contributed by atoms with Gasteiger partial charge in [0.1, 0.15) is 30.2 Å². The van der Waals surface area contributed by atoms with Crippen LogP contribution in [0.3, 0.4) is 0 Å². The molecule has 12 heteroatoms. The molecule has 37 heavy (non-hydrogen) atoms. The Morgan fingerprint density at radius 1 is 1.03 bits per heavy atom. The van der Waals surface area contributed by atoms with Crippen LogP contribution >= 0.6 is 0 Å². The van der Waals surface area contributed by atoms with Crippen LogP contribution in [-0.4, -0.2) is 94.8 Å². The Bertz CT molecular complexity index is 930. The average Bonchev–Trinajstić information content (AvgIpc) is 2.89. The van der Waals surface area contributed by atoms with Crippen LogP contribution in [0.4, 0.5) is 0 Å². The first-order chi connectivity index (χ1) is 17.7. The van der Waals surface area contributed by atoms with Crippen molar-refractivity contribution in [2.45, 2.75) is 63.2 Å². The molecule has 2 aliphatic rings. The van der Waals surface area contributed by atoms with Gasteiger partial charge in [-0.25, -0.2) is 4.79 Å². The Kier molecular flexibility index (Phi) is 10.3. The first-order valence-corrected chi connectivity index (χ1v) is 12.0. The predicted octanol–water partition coefficient (Wildman–Crippen LogP) is -0.260. The molecule has 12 nitrogen and oxygen atoms in total. The molecule has 1 saturated heterocycles. The van der Waals surface area contributed by atoms with E-state index in [0.717, 1.165) is 11.8 Å². The van der Waals surface area contributed by atoms with E-state index in [1.807, 2.05) is 0 Å². The third-order valence-corrected chi connectivity index (χ3v) is 6.58. The van der Waals surface area contributed by atoms with E-state index < -0.39 is 67.4 Å². The number of hydrogen-bond acceptors (Lipinski definition) is 12. The lowest BCUT2D eigenvalue weighted by Crippen LogP contribution is -2.60. The lowest BCUT2D eigenvalue weighted by molar-refractivity contribution is -0.341. The summed E-state index contributed by atoms with van der Waals surface area (Å²) in [6, 6.07) is 6.50. The number of carbonyl (C=O) groups is 2. The molecule has 1 fully saturated rings. The van der Waals surface area contributed by atoms with Gasteiger partial charge in [-0.3, -0.25) is 4.79 Å². The third-order valence-electron chi connectivity index (χ3n) is 6.58. The molecule has 2 heterocycles. The molecule has 2 aliphatic heterocycles.